The van der Waals surface area contributed by atoms with Crippen molar-refractivity contribution in [2.75, 3.05) is 19.5 Å². The van der Waals surface area contributed by atoms with E-state index in [1.165, 1.54) is 23.0 Å². The molecule has 0 aliphatic carbocycles. The molecule has 0 aliphatic heterocycles. The lowest BCUT2D eigenvalue weighted by Crippen LogP contribution is -2.07. The molecule has 4 aromatic rings. The van der Waals surface area contributed by atoms with Crippen LogP contribution < -0.4 is 14.8 Å². The van der Waals surface area contributed by atoms with E-state index in [4.69, 9.17) is 9.47 Å². The number of benzene rings is 3. The SMILES string of the molecule is COc1cc(/C=C/C(=O)Nc2nc(-c3ccc(-c4ccccc4)cc3)cs2)cc(Br)c1OC. The second kappa shape index (κ2) is 10.5. The molecule has 4 rings (SSSR count). The Hall–Kier alpha value is -3.42. The Morgan fingerprint density at radius 2 is 1.67 bits per heavy atom. The number of methoxy groups -OCH3 is 2. The molecule has 0 saturated carbocycles. The maximum atomic E-state index is 12.4. The van der Waals surface area contributed by atoms with E-state index in [1.54, 1.807) is 26.4 Å². The van der Waals surface area contributed by atoms with Crippen molar-refractivity contribution in [3.63, 3.8) is 0 Å². The summed E-state index contributed by atoms with van der Waals surface area (Å²) in [6, 6.07) is 22.1. The number of hydrogen-bond donors (Lipinski definition) is 1. The minimum absolute atomic E-state index is 0.263. The zero-order valence-corrected chi connectivity index (χ0v) is 20.4. The van der Waals surface area contributed by atoms with Gasteiger partial charge in [-0.3, -0.25) is 10.1 Å². The van der Waals surface area contributed by atoms with Crippen LogP contribution in [0, 0.1) is 0 Å². The molecule has 1 N–H and O–H groups in total. The number of nitrogens with one attached hydrogen (secondary N) is 1. The molecule has 0 saturated heterocycles. The summed E-state index contributed by atoms with van der Waals surface area (Å²) in [7, 11) is 3.14. The van der Waals surface area contributed by atoms with Crippen LogP contribution in [0.15, 0.2) is 82.7 Å². The normalized spacial score (nSPS) is 10.9. The van der Waals surface area contributed by atoms with Crippen LogP contribution >= 0.6 is 27.3 Å². The lowest BCUT2D eigenvalue weighted by molar-refractivity contribution is -0.111. The van der Waals surface area contributed by atoms with Gasteiger partial charge in [-0.25, -0.2) is 4.98 Å². The monoisotopic (exact) mass is 520 g/mol. The highest BCUT2D eigenvalue weighted by atomic mass is 79.9. The molecule has 3 aromatic carbocycles. The van der Waals surface area contributed by atoms with E-state index >= 15 is 0 Å². The molecule has 0 spiro atoms. The molecule has 0 radical (unpaired) electrons. The number of amides is 1. The number of halogens is 1. The van der Waals surface area contributed by atoms with E-state index in [0.29, 0.717) is 16.6 Å². The van der Waals surface area contributed by atoms with E-state index in [2.05, 4.69) is 50.5 Å². The van der Waals surface area contributed by atoms with Crippen molar-refractivity contribution in [3.05, 3.63) is 88.2 Å². The Labute approximate surface area is 204 Å². The molecule has 166 valence electrons. The Kier molecular flexibility index (Phi) is 7.22. The van der Waals surface area contributed by atoms with Crippen molar-refractivity contribution < 1.29 is 14.3 Å². The third-order valence-electron chi connectivity index (χ3n) is 4.91. The van der Waals surface area contributed by atoms with Crippen molar-refractivity contribution in [1.82, 2.24) is 4.98 Å². The van der Waals surface area contributed by atoms with Crippen LogP contribution in [-0.4, -0.2) is 25.1 Å². The zero-order chi connectivity index (χ0) is 23.2. The third kappa shape index (κ3) is 5.50. The van der Waals surface area contributed by atoms with Crippen LogP contribution in [0.5, 0.6) is 11.5 Å². The summed E-state index contributed by atoms with van der Waals surface area (Å²) in [5.41, 5.74) is 4.94. The first kappa shape index (κ1) is 22.8. The Bertz CT molecular complexity index is 1280. The highest BCUT2D eigenvalue weighted by Gasteiger charge is 2.10. The summed E-state index contributed by atoms with van der Waals surface area (Å²) >= 11 is 4.84. The quantitative estimate of drug-likeness (QED) is 0.269. The van der Waals surface area contributed by atoms with Gasteiger partial charge in [-0.05, 0) is 50.8 Å². The van der Waals surface area contributed by atoms with Gasteiger partial charge in [0, 0.05) is 17.0 Å². The second-order valence-corrected chi connectivity index (χ2v) is 8.75. The van der Waals surface area contributed by atoms with Crippen LogP contribution in [0.2, 0.25) is 0 Å². The topological polar surface area (TPSA) is 60.5 Å². The largest absolute Gasteiger partial charge is 0.493 e. The van der Waals surface area contributed by atoms with E-state index in [-0.39, 0.29) is 5.91 Å². The van der Waals surface area contributed by atoms with Crippen molar-refractivity contribution in [3.8, 4) is 33.9 Å². The molecule has 0 unspecified atom stereocenters. The van der Waals surface area contributed by atoms with Gasteiger partial charge in [0.05, 0.1) is 24.4 Å². The summed E-state index contributed by atoms with van der Waals surface area (Å²) < 4.78 is 11.4. The van der Waals surface area contributed by atoms with Crippen molar-refractivity contribution in [1.29, 1.82) is 0 Å². The highest BCUT2D eigenvalue weighted by molar-refractivity contribution is 9.10. The summed E-state index contributed by atoms with van der Waals surface area (Å²) in [5, 5.41) is 5.29. The fraction of sp³-hybridized carbons (Fsp3) is 0.0769. The number of thiazole rings is 1. The second-order valence-electron chi connectivity index (χ2n) is 7.04. The molecular formula is C26H21BrN2O3S. The first-order chi connectivity index (χ1) is 16.1. The molecule has 0 bridgehead atoms. The van der Waals surface area contributed by atoms with Gasteiger partial charge in [-0.15, -0.1) is 11.3 Å². The van der Waals surface area contributed by atoms with E-state index in [0.717, 1.165) is 26.9 Å². The summed E-state index contributed by atoms with van der Waals surface area (Å²) in [5.74, 6) is 0.919. The van der Waals surface area contributed by atoms with Gasteiger partial charge in [-0.2, -0.15) is 0 Å². The van der Waals surface area contributed by atoms with Gasteiger partial charge in [-0.1, -0.05) is 54.6 Å². The number of ether oxygens (including phenoxy) is 2. The minimum Gasteiger partial charge on any atom is -0.493 e. The first-order valence-corrected chi connectivity index (χ1v) is 11.8. The average Bonchev–Trinajstić information content (AvgIpc) is 3.31. The lowest BCUT2D eigenvalue weighted by Gasteiger charge is -2.10. The summed E-state index contributed by atoms with van der Waals surface area (Å²) in [6.07, 6.45) is 3.17. The molecule has 5 nitrogen and oxygen atoms in total. The molecule has 7 heteroatoms. The van der Waals surface area contributed by atoms with Crippen LogP contribution in [-0.2, 0) is 4.79 Å². The predicted molar refractivity (Wildman–Crippen MR) is 138 cm³/mol. The number of carbonyl (C=O) groups excluding carboxylic acids is 1. The van der Waals surface area contributed by atoms with Gasteiger partial charge in [0.1, 0.15) is 0 Å². The van der Waals surface area contributed by atoms with E-state index in [1.807, 2.05) is 41.8 Å². The molecule has 0 atom stereocenters. The highest BCUT2D eigenvalue weighted by Crippen LogP contribution is 2.36. The Morgan fingerprint density at radius 1 is 0.970 bits per heavy atom. The van der Waals surface area contributed by atoms with Gasteiger partial charge in [0.15, 0.2) is 16.6 Å². The maximum Gasteiger partial charge on any atom is 0.250 e. The van der Waals surface area contributed by atoms with Gasteiger partial charge in [0.25, 0.3) is 0 Å². The van der Waals surface area contributed by atoms with Crippen molar-refractivity contribution in [2.24, 2.45) is 0 Å². The van der Waals surface area contributed by atoms with E-state index < -0.39 is 0 Å². The Morgan fingerprint density at radius 3 is 2.36 bits per heavy atom. The summed E-state index contributed by atoms with van der Waals surface area (Å²) in [6.45, 7) is 0. The number of hydrogen-bond acceptors (Lipinski definition) is 5. The smallest absolute Gasteiger partial charge is 0.250 e. The fourth-order valence-corrected chi connectivity index (χ4v) is 4.63. The number of rotatable bonds is 7. The van der Waals surface area contributed by atoms with Crippen LogP contribution in [0.3, 0.4) is 0 Å². The first-order valence-electron chi connectivity index (χ1n) is 10.1. The minimum atomic E-state index is -0.263. The number of carbonyl (C=O) groups is 1. The van der Waals surface area contributed by atoms with Crippen LogP contribution in [0.1, 0.15) is 5.56 Å². The van der Waals surface area contributed by atoms with Crippen molar-refractivity contribution in [2.45, 2.75) is 0 Å². The Balaban J connectivity index is 1.42. The molecule has 33 heavy (non-hydrogen) atoms. The van der Waals surface area contributed by atoms with Crippen LogP contribution in [0.4, 0.5) is 5.13 Å². The number of nitrogens with zero attached hydrogens (tertiary/aromatic N) is 1. The molecule has 0 fully saturated rings. The zero-order valence-electron chi connectivity index (χ0n) is 18.0. The average molecular weight is 521 g/mol. The number of anilines is 1. The lowest BCUT2D eigenvalue weighted by atomic mass is 10.0. The van der Waals surface area contributed by atoms with Crippen LogP contribution in [0.25, 0.3) is 28.5 Å². The predicted octanol–water partition coefficient (Wildman–Crippen LogP) is 6.91. The van der Waals surface area contributed by atoms with E-state index in [9.17, 15) is 4.79 Å². The molecule has 0 aliphatic rings. The molecular weight excluding hydrogens is 500 g/mol. The fourth-order valence-electron chi connectivity index (χ4n) is 3.28. The van der Waals surface area contributed by atoms with Gasteiger partial charge < -0.3 is 9.47 Å². The van der Waals surface area contributed by atoms with Crippen molar-refractivity contribution >= 4 is 44.4 Å². The van der Waals surface area contributed by atoms with Gasteiger partial charge >= 0.3 is 0 Å². The number of aromatic nitrogens is 1. The third-order valence-corrected chi connectivity index (χ3v) is 6.25. The van der Waals surface area contributed by atoms with Gasteiger partial charge in [0.2, 0.25) is 5.91 Å². The standard InChI is InChI=1S/C26H21BrN2O3S/c1-31-23-15-17(14-21(27)25(23)32-2)8-13-24(30)29-26-28-22(16-33-26)20-11-9-19(10-12-20)18-6-4-3-5-7-18/h3-16H,1-2H3,(H,28,29,30)/b13-8+. The molecule has 1 aromatic heterocycles. The molecule has 1 amide bonds. The maximum absolute atomic E-state index is 12.4. The summed E-state index contributed by atoms with van der Waals surface area (Å²) in [4.78, 5) is 16.9. The molecule has 1 heterocycles.